The molecule has 2 N–H and O–H groups in total. The molecule has 2 aromatic carbocycles. The Bertz CT molecular complexity index is 993. The van der Waals surface area contributed by atoms with Gasteiger partial charge >= 0.3 is 0 Å². The van der Waals surface area contributed by atoms with Crippen LogP contribution in [0.25, 0.3) is 0 Å². The lowest BCUT2D eigenvalue weighted by Crippen LogP contribution is -2.42. The molecule has 30 heavy (non-hydrogen) atoms. The summed E-state index contributed by atoms with van der Waals surface area (Å²) in [6.45, 7) is 3.10. The molecule has 0 spiro atoms. The van der Waals surface area contributed by atoms with Crippen LogP contribution in [0.15, 0.2) is 48.5 Å². The van der Waals surface area contributed by atoms with Crippen LogP contribution in [0.2, 0.25) is 0 Å². The van der Waals surface area contributed by atoms with Gasteiger partial charge in [0.2, 0.25) is 5.91 Å². The fourth-order valence-electron chi connectivity index (χ4n) is 3.76. The SMILES string of the molecule is Cc1nnnn1C(Cc1ccc(F)cc1)C(=O)NCC1NCCc2ccccc21.Cl. The molecule has 3 aromatic rings. The molecule has 158 valence electrons. The highest BCUT2D eigenvalue weighted by atomic mass is 35.5. The molecule has 0 saturated carbocycles. The number of rotatable bonds is 6. The van der Waals surface area contributed by atoms with Gasteiger partial charge in [0.25, 0.3) is 0 Å². The number of benzene rings is 2. The highest BCUT2D eigenvalue weighted by Gasteiger charge is 2.26. The first kappa shape index (κ1) is 21.9. The molecular formula is C21H24ClFN6O. The van der Waals surface area contributed by atoms with Gasteiger partial charge in [0, 0.05) is 19.0 Å². The highest BCUT2D eigenvalue weighted by Crippen LogP contribution is 2.22. The van der Waals surface area contributed by atoms with Crippen LogP contribution >= 0.6 is 12.4 Å². The Morgan fingerprint density at radius 1 is 1.27 bits per heavy atom. The predicted molar refractivity (Wildman–Crippen MR) is 113 cm³/mol. The number of halogens is 2. The van der Waals surface area contributed by atoms with Crippen molar-refractivity contribution in [3.63, 3.8) is 0 Å². The number of nitrogens with zero attached hydrogens (tertiary/aromatic N) is 4. The van der Waals surface area contributed by atoms with Crippen LogP contribution < -0.4 is 10.6 Å². The third kappa shape index (κ3) is 4.83. The van der Waals surface area contributed by atoms with Gasteiger partial charge in [0.1, 0.15) is 17.7 Å². The molecule has 0 radical (unpaired) electrons. The van der Waals surface area contributed by atoms with Gasteiger partial charge in [-0.05, 0) is 59.1 Å². The first-order valence-electron chi connectivity index (χ1n) is 9.69. The fourth-order valence-corrected chi connectivity index (χ4v) is 3.76. The van der Waals surface area contributed by atoms with Crippen LogP contribution in [0.4, 0.5) is 4.39 Å². The van der Waals surface area contributed by atoms with E-state index in [0.29, 0.717) is 18.8 Å². The zero-order chi connectivity index (χ0) is 20.2. The molecule has 0 saturated heterocycles. The molecule has 7 nitrogen and oxygen atoms in total. The first-order valence-corrected chi connectivity index (χ1v) is 9.69. The first-order chi connectivity index (χ1) is 14.1. The molecule has 2 atom stereocenters. The Morgan fingerprint density at radius 3 is 2.77 bits per heavy atom. The number of carbonyl (C=O) groups is 1. The third-order valence-electron chi connectivity index (χ3n) is 5.29. The topological polar surface area (TPSA) is 84.7 Å². The molecule has 1 amide bonds. The molecule has 0 aliphatic carbocycles. The Labute approximate surface area is 180 Å². The quantitative estimate of drug-likeness (QED) is 0.627. The van der Waals surface area contributed by atoms with Gasteiger partial charge in [0.15, 0.2) is 0 Å². The summed E-state index contributed by atoms with van der Waals surface area (Å²) >= 11 is 0. The third-order valence-corrected chi connectivity index (χ3v) is 5.29. The molecule has 1 aromatic heterocycles. The van der Waals surface area contributed by atoms with E-state index in [-0.39, 0.29) is 30.2 Å². The Kier molecular flexibility index (Phi) is 7.12. The van der Waals surface area contributed by atoms with E-state index in [2.05, 4.69) is 38.3 Å². The number of tetrazole rings is 1. The van der Waals surface area contributed by atoms with E-state index in [1.54, 1.807) is 19.1 Å². The van der Waals surface area contributed by atoms with E-state index in [1.165, 1.54) is 27.9 Å². The standard InChI is InChI=1S/C21H23FN6O.ClH/c1-14-25-26-27-28(14)20(12-15-6-8-17(22)9-7-15)21(29)24-13-19-18-5-3-2-4-16(18)10-11-23-19;/h2-9,19-20,23H,10-13H2,1H3,(H,24,29);1H. The maximum atomic E-state index is 13.2. The highest BCUT2D eigenvalue weighted by molar-refractivity contribution is 5.85. The Morgan fingerprint density at radius 2 is 2.03 bits per heavy atom. The summed E-state index contributed by atoms with van der Waals surface area (Å²) in [7, 11) is 0. The van der Waals surface area contributed by atoms with Crippen molar-refractivity contribution >= 4 is 18.3 Å². The van der Waals surface area contributed by atoms with Crippen molar-refractivity contribution in [1.29, 1.82) is 0 Å². The van der Waals surface area contributed by atoms with Gasteiger partial charge in [-0.3, -0.25) is 4.79 Å². The number of aryl methyl sites for hydroxylation is 1. The smallest absolute Gasteiger partial charge is 0.245 e. The summed E-state index contributed by atoms with van der Waals surface area (Å²) in [5, 5.41) is 18.1. The van der Waals surface area contributed by atoms with Crippen molar-refractivity contribution in [3.8, 4) is 0 Å². The number of hydrogen-bond acceptors (Lipinski definition) is 5. The average molecular weight is 431 g/mol. The van der Waals surface area contributed by atoms with Gasteiger partial charge in [-0.2, -0.15) is 0 Å². The molecule has 0 fully saturated rings. The lowest BCUT2D eigenvalue weighted by Gasteiger charge is -2.28. The molecule has 2 heterocycles. The summed E-state index contributed by atoms with van der Waals surface area (Å²) in [5.74, 6) is 0.0679. The number of carbonyl (C=O) groups excluding carboxylic acids is 1. The maximum Gasteiger partial charge on any atom is 0.245 e. The molecule has 0 bridgehead atoms. The minimum absolute atomic E-state index is 0. The number of aromatic nitrogens is 4. The zero-order valence-electron chi connectivity index (χ0n) is 16.6. The lowest BCUT2D eigenvalue weighted by molar-refractivity contribution is -0.124. The maximum absolute atomic E-state index is 13.2. The van der Waals surface area contributed by atoms with Crippen LogP contribution in [0.3, 0.4) is 0 Å². The average Bonchev–Trinajstić information content (AvgIpc) is 3.17. The zero-order valence-corrected chi connectivity index (χ0v) is 17.4. The van der Waals surface area contributed by atoms with Gasteiger partial charge in [-0.1, -0.05) is 36.4 Å². The molecule has 1 aliphatic heterocycles. The summed E-state index contributed by atoms with van der Waals surface area (Å²) < 4.78 is 14.8. The Hall–Kier alpha value is -2.84. The fraction of sp³-hybridized carbons (Fsp3) is 0.333. The van der Waals surface area contributed by atoms with Crippen LogP contribution in [0.1, 0.15) is 34.6 Å². The second-order valence-corrected chi connectivity index (χ2v) is 7.22. The monoisotopic (exact) mass is 430 g/mol. The van der Waals surface area contributed by atoms with Crippen molar-refractivity contribution in [2.45, 2.75) is 31.8 Å². The van der Waals surface area contributed by atoms with E-state index < -0.39 is 6.04 Å². The van der Waals surface area contributed by atoms with E-state index in [1.807, 2.05) is 12.1 Å². The van der Waals surface area contributed by atoms with Crippen LogP contribution in [-0.2, 0) is 17.6 Å². The molecular weight excluding hydrogens is 407 g/mol. The van der Waals surface area contributed by atoms with Crippen LogP contribution in [0, 0.1) is 12.7 Å². The van der Waals surface area contributed by atoms with E-state index >= 15 is 0 Å². The lowest BCUT2D eigenvalue weighted by atomic mass is 9.94. The van der Waals surface area contributed by atoms with Gasteiger partial charge in [0.05, 0.1) is 0 Å². The summed E-state index contributed by atoms with van der Waals surface area (Å²) in [6.07, 6.45) is 1.35. The van der Waals surface area contributed by atoms with Gasteiger partial charge in [-0.15, -0.1) is 17.5 Å². The van der Waals surface area contributed by atoms with Gasteiger partial charge in [-0.25, -0.2) is 9.07 Å². The number of amides is 1. The summed E-state index contributed by atoms with van der Waals surface area (Å²) in [6, 6.07) is 13.9. The van der Waals surface area contributed by atoms with Crippen molar-refractivity contribution < 1.29 is 9.18 Å². The number of hydrogen-bond donors (Lipinski definition) is 2. The van der Waals surface area contributed by atoms with E-state index in [0.717, 1.165) is 18.5 Å². The second-order valence-electron chi connectivity index (χ2n) is 7.22. The van der Waals surface area contributed by atoms with E-state index in [9.17, 15) is 9.18 Å². The van der Waals surface area contributed by atoms with Gasteiger partial charge < -0.3 is 10.6 Å². The minimum atomic E-state index is -0.616. The second kappa shape index (κ2) is 9.77. The largest absolute Gasteiger partial charge is 0.352 e. The van der Waals surface area contributed by atoms with Crippen LogP contribution in [0.5, 0.6) is 0 Å². The minimum Gasteiger partial charge on any atom is -0.352 e. The van der Waals surface area contributed by atoms with Crippen molar-refractivity contribution in [2.24, 2.45) is 0 Å². The van der Waals surface area contributed by atoms with Crippen LogP contribution in [-0.4, -0.2) is 39.2 Å². The molecule has 4 rings (SSSR count). The molecule has 2 unspecified atom stereocenters. The molecule has 9 heteroatoms. The normalized spacial score (nSPS) is 16.3. The van der Waals surface area contributed by atoms with Crippen molar-refractivity contribution in [1.82, 2.24) is 30.8 Å². The van der Waals surface area contributed by atoms with E-state index in [4.69, 9.17) is 0 Å². The van der Waals surface area contributed by atoms with Crippen molar-refractivity contribution in [3.05, 3.63) is 76.9 Å². The number of nitrogens with one attached hydrogen (secondary N) is 2. The van der Waals surface area contributed by atoms with Crippen molar-refractivity contribution in [2.75, 3.05) is 13.1 Å². The molecule has 1 aliphatic rings. The summed E-state index contributed by atoms with van der Waals surface area (Å²) in [5.41, 5.74) is 3.36. The Balaban J connectivity index is 0.00000256. The number of fused-ring (bicyclic) bond motifs is 1. The summed E-state index contributed by atoms with van der Waals surface area (Å²) in [4.78, 5) is 13.1. The predicted octanol–water partition coefficient (Wildman–Crippen LogP) is 2.33.